The molecule has 2 aromatic carbocycles. The normalized spacial score (nSPS) is 13.1. The maximum atomic E-state index is 14.3. The standard InChI is InChI=1S/C25H29F5N2O3S/c1-5-7-16-11-19(25(28,29)30)12-17(8-6-2)20(16)9-10-23(33)31-15(3)18-13-21(26)24(22(27)14-18)32-36(4,34)35/h9-15,32H,5-8H2,1-4H3,(H,31,33)/b10-9-/t15-/m1/s1. The van der Waals surface area contributed by atoms with Crippen molar-refractivity contribution in [3.63, 3.8) is 0 Å². The number of nitrogens with one attached hydrogen (secondary N) is 2. The van der Waals surface area contributed by atoms with Gasteiger partial charge in [-0.1, -0.05) is 26.7 Å². The van der Waals surface area contributed by atoms with E-state index in [1.54, 1.807) is 4.72 Å². The molecule has 198 valence electrons. The van der Waals surface area contributed by atoms with Crippen LogP contribution in [0.5, 0.6) is 0 Å². The smallest absolute Gasteiger partial charge is 0.346 e. The van der Waals surface area contributed by atoms with Crippen molar-refractivity contribution in [1.82, 2.24) is 5.32 Å². The van der Waals surface area contributed by atoms with Crippen molar-refractivity contribution in [1.29, 1.82) is 0 Å². The number of hydrogen-bond acceptors (Lipinski definition) is 3. The van der Waals surface area contributed by atoms with Gasteiger partial charge in [0.2, 0.25) is 15.9 Å². The summed E-state index contributed by atoms with van der Waals surface area (Å²) < 4.78 is 93.0. The van der Waals surface area contributed by atoms with E-state index in [0.29, 0.717) is 42.4 Å². The molecule has 0 radical (unpaired) electrons. The summed E-state index contributed by atoms with van der Waals surface area (Å²) in [6, 6.07) is 3.15. The number of benzene rings is 2. The second-order valence-electron chi connectivity index (χ2n) is 8.50. The largest absolute Gasteiger partial charge is 0.416 e. The summed E-state index contributed by atoms with van der Waals surface area (Å²) in [5, 5.41) is 2.55. The molecule has 0 aliphatic rings. The summed E-state index contributed by atoms with van der Waals surface area (Å²) in [6.45, 7) is 5.17. The van der Waals surface area contributed by atoms with Crippen LogP contribution in [0.1, 0.15) is 67.5 Å². The highest BCUT2D eigenvalue weighted by atomic mass is 32.2. The Hall–Kier alpha value is -2.95. The molecule has 36 heavy (non-hydrogen) atoms. The van der Waals surface area contributed by atoms with Crippen LogP contribution in [0.25, 0.3) is 6.08 Å². The van der Waals surface area contributed by atoms with Crippen LogP contribution in [0.15, 0.2) is 30.3 Å². The lowest BCUT2D eigenvalue weighted by Gasteiger charge is -2.17. The van der Waals surface area contributed by atoms with E-state index in [1.807, 2.05) is 13.8 Å². The number of carbonyl (C=O) groups is 1. The van der Waals surface area contributed by atoms with Crippen molar-refractivity contribution in [3.05, 3.63) is 69.8 Å². The number of rotatable bonds is 10. The Balaban J connectivity index is 2.31. The lowest BCUT2D eigenvalue weighted by atomic mass is 9.92. The summed E-state index contributed by atoms with van der Waals surface area (Å²) in [6.07, 6.45) is 0.897. The van der Waals surface area contributed by atoms with Crippen molar-refractivity contribution in [2.75, 3.05) is 11.0 Å². The first-order chi connectivity index (χ1) is 16.7. The van der Waals surface area contributed by atoms with E-state index in [1.165, 1.54) is 19.1 Å². The summed E-state index contributed by atoms with van der Waals surface area (Å²) in [5.74, 6) is -2.91. The summed E-state index contributed by atoms with van der Waals surface area (Å²) >= 11 is 0. The Kier molecular flexibility index (Phi) is 9.64. The number of aryl methyl sites for hydroxylation is 2. The van der Waals surface area contributed by atoms with Crippen molar-refractivity contribution < 1.29 is 35.2 Å². The van der Waals surface area contributed by atoms with Crippen LogP contribution >= 0.6 is 0 Å². The maximum Gasteiger partial charge on any atom is 0.416 e. The minimum atomic E-state index is -4.49. The fraction of sp³-hybridized carbons (Fsp3) is 0.400. The molecular formula is C25H29F5N2O3S. The van der Waals surface area contributed by atoms with E-state index in [2.05, 4.69) is 5.32 Å². The molecule has 0 heterocycles. The Labute approximate surface area is 207 Å². The lowest BCUT2D eigenvalue weighted by molar-refractivity contribution is -0.137. The minimum Gasteiger partial charge on any atom is -0.346 e. The SMILES string of the molecule is CCCc1cc(C(F)(F)F)cc(CCC)c1/C=C\C(=O)N[C@H](C)c1cc(F)c(NS(C)(=O)=O)c(F)c1. The second-order valence-corrected chi connectivity index (χ2v) is 10.3. The van der Waals surface area contributed by atoms with Crippen molar-refractivity contribution in [2.24, 2.45) is 0 Å². The number of alkyl halides is 3. The van der Waals surface area contributed by atoms with Gasteiger partial charge in [0.25, 0.3) is 0 Å². The summed E-state index contributed by atoms with van der Waals surface area (Å²) in [4.78, 5) is 12.5. The monoisotopic (exact) mass is 532 g/mol. The first-order valence-electron chi connectivity index (χ1n) is 11.3. The number of anilines is 1. The van der Waals surface area contributed by atoms with E-state index in [9.17, 15) is 35.2 Å². The zero-order chi connectivity index (χ0) is 27.3. The molecule has 11 heteroatoms. The quantitative estimate of drug-likeness (QED) is 0.285. The van der Waals surface area contributed by atoms with Crippen LogP contribution in [0.3, 0.4) is 0 Å². The van der Waals surface area contributed by atoms with Gasteiger partial charge in [0.1, 0.15) is 5.69 Å². The first-order valence-corrected chi connectivity index (χ1v) is 13.2. The zero-order valence-electron chi connectivity index (χ0n) is 20.4. The predicted octanol–water partition coefficient (Wildman–Crippen LogP) is 6.15. The van der Waals surface area contributed by atoms with Crippen LogP contribution < -0.4 is 10.0 Å². The number of carbonyl (C=O) groups excluding carboxylic acids is 1. The van der Waals surface area contributed by atoms with Crippen LogP contribution in [0.2, 0.25) is 0 Å². The van der Waals surface area contributed by atoms with Gasteiger partial charge in [0.15, 0.2) is 11.6 Å². The molecule has 5 nitrogen and oxygen atoms in total. The molecule has 0 saturated carbocycles. The molecule has 1 atom stereocenters. The molecule has 2 rings (SSSR count). The van der Waals surface area contributed by atoms with E-state index in [0.717, 1.165) is 30.5 Å². The van der Waals surface area contributed by atoms with Gasteiger partial charge >= 0.3 is 6.18 Å². The molecule has 0 fully saturated rings. The predicted molar refractivity (Wildman–Crippen MR) is 130 cm³/mol. The maximum absolute atomic E-state index is 14.3. The average molecular weight is 533 g/mol. The molecule has 0 saturated heterocycles. The van der Waals surface area contributed by atoms with Gasteiger partial charge in [0, 0.05) is 6.08 Å². The summed E-state index contributed by atoms with van der Waals surface area (Å²) in [7, 11) is -3.91. The number of sulfonamides is 1. The Bertz CT molecular complexity index is 1190. The minimum absolute atomic E-state index is 0.0543. The first kappa shape index (κ1) is 29.3. The second kappa shape index (κ2) is 11.9. The highest BCUT2D eigenvalue weighted by Gasteiger charge is 2.31. The molecule has 0 bridgehead atoms. The fourth-order valence-corrected chi connectivity index (χ4v) is 4.30. The van der Waals surface area contributed by atoms with E-state index >= 15 is 0 Å². The van der Waals surface area contributed by atoms with Crippen LogP contribution in [-0.4, -0.2) is 20.6 Å². The molecule has 0 spiro atoms. The number of hydrogen-bond donors (Lipinski definition) is 2. The molecule has 0 aliphatic carbocycles. The number of amides is 1. The molecule has 0 unspecified atom stereocenters. The lowest BCUT2D eigenvalue weighted by Crippen LogP contribution is -2.25. The van der Waals surface area contributed by atoms with E-state index in [4.69, 9.17) is 0 Å². The van der Waals surface area contributed by atoms with Gasteiger partial charge in [-0.15, -0.1) is 0 Å². The van der Waals surface area contributed by atoms with Gasteiger partial charge in [-0.05, 0) is 72.4 Å². The third kappa shape index (κ3) is 8.04. The zero-order valence-corrected chi connectivity index (χ0v) is 21.2. The molecule has 2 aromatic rings. The Morgan fingerprint density at radius 3 is 1.92 bits per heavy atom. The van der Waals surface area contributed by atoms with Gasteiger partial charge in [0.05, 0.1) is 17.9 Å². The molecule has 0 aromatic heterocycles. The van der Waals surface area contributed by atoms with Crippen molar-refractivity contribution >= 4 is 27.7 Å². The van der Waals surface area contributed by atoms with Gasteiger partial charge in [-0.3, -0.25) is 9.52 Å². The van der Waals surface area contributed by atoms with Gasteiger partial charge in [-0.25, -0.2) is 17.2 Å². The van der Waals surface area contributed by atoms with Gasteiger partial charge < -0.3 is 5.32 Å². The topological polar surface area (TPSA) is 75.3 Å². The highest BCUT2D eigenvalue weighted by molar-refractivity contribution is 7.92. The van der Waals surface area contributed by atoms with Crippen LogP contribution in [0, 0.1) is 11.6 Å². The van der Waals surface area contributed by atoms with Gasteiger partial charge in [-0.2, -0.15) is 13.2 Å². The average Bonchev–Trinajstić information content (AvgIpc) is 2.74. The molecular weight excluding hydrogens is 503 g/mol. The summed E-state index contributed by atoms with van der Waals surface area (Å²) in [5.41, 5.74) is -0.00481. The third-order valence-corrected chi connectivity index (χ3v) is 5.90. The van der Waals surface area contributed by atoms with E-state index in [-0.39, 0.29) is 5.56 Å². The molecule has 0 aliphatic heterocycles. The van der Waals surface area contributed by atoms with Crippen LogP contribution in [-0.2, 0) is 33.8 Å². The number of halogens is 5. The Morgan fingerprint density at radius 1 is 1.00 bits per heavy atom. The Morgan fingerprint density at radius 2 is 1.50 bits per heavy atom. The fourth-order valence-electron chi connectivity index (χ4n) is 3.74. The van der Waals surface area contributed by atoms with Crippen molar-refractivity contribution in [2.45, 2.75) is 58.7 Å². The molecule has 1 amide bonds. The van der Waals surface area contributed by atoms with Crippen molar-refractivity contribution in [3.8, 4) is 0 Å². The third-order valence-electron chi connectivity index (χ3n) is 5.33. The van der Waals surface area contributed by atoms with E-state index < -0.39 is 51.0 Å². The molecule has 2 N–H and O–H groups in total. The van der Waals surface area contributed by atoms with Crippen LogP contribution in [0.4, 0.5) is 27.6 Å². The highest BCUT2D eigenvalue weighted by Crippen LogP contribution is 2.34.